The molecule has 2 N–H and O–H groups in total. The number of halogens is 2. The van der Waals surface area contributed by atoms with E-state index in [9.17, 15) is 18.4 Å². The summed E-state index contributed by atoms with van der Waals surface area (Å²) in [6, 6.07) is 7.92. The molecule has 1 aliphatic carbocycles. The van der Waals surface area contributed by atoms with Gasteiger partial charge in [0.25, 0.3) is 5.91 Å². The lowest BCUT2D eigenvalue weighted by Crippen LogP contribution is -2.57. The summed E-state index contributed by atoms with van der Waals surface area (Å²) in [7, 11) is 0. The topological polar surface area (TPSA) is 100 Å². The quantitative estimate of drug-likeness (QED) is 0.511. The molecule has 0 radical (unpaired) electrons. The third-order valence-electron chi connectivity index (χ3n) is 7.26. The van der Waals surface area contributed by atoms with Crippen LogP contribution in [0.4, 0.5) is 14.5 Å². The normalized spacial score (nSPS) is 20.9. The van der Waals surface area contributed by atoms with Crippen LogP contribution in [0.1, 0.15) is 49.0 Å². The average molecular weight is 510 g/mol. The van der Waals surface area contributed by atoms with Crippen LogP contribution in [0.2, 0.25) is 0 Å². The van der Waals surface area contributed by atoms with Crippen molar-refractivity contribution in [3.05, 3.63) is 66.1 Å². The molecule has 2 aromatic heterocycles. The molecule has 5 rings (SSSR count). The minimum absolute atomic E-state index is 0.00228. The summed E-state index contributed by atoms with van der Waals surface area (Å²) in [5.41, 5.74) is 0.553. The van der Waals surface area contributed by atoms with E-state index in [0.29, 0.717) is 24.7 Å². The van der Waals surface area contributed by atoms with E-state index in [-0.39, 0.29) is 22.9 Å². The number of carbonyl (C=O) groups is 2. The predicted molar refractivity (Wildman–Crippen MR) is 133 cm³/mol. The first-order valence-corrected chi connectivity index (χ1v) is 12.7. The Hall–Kier alpha value is -3.66. The van der Waals surface area contributed by atoms with Crippen LogP contribution in [0.3, 0.4) is 0 Å². The molecule has 8 nitrogen and oxygen atoms in total. The smallest absolute Gasteiger partial charge is 0.273 e. The van der Waals surface area contributed by atoms with Gasteiger partial charge in [-0.25, -0.2) is 8.78 Å². The van der Waals surface area contributed by atoms with E-state index in [1.165, 1.54) is 31.4 Å². The molecule has 194 valence electrons. The Morgan fingerprint density at radius 3 is 2.65 bits per heavy atom. The number of benzene rings is 1. The third kappa shape index (κ3) is 5.85. The first-order valence-electron chi connectivity index (χ1n) is 12.7. The van der Waals surface area contributed by atoms with Gasteiger partial charge in [-0.3, -0.25) is 19.5 Å². The van der Waals surface area contributed by atoms with Gasteiger partial charge < -0.3 is 15.2 Å². The van der Waals surface area contributed by atoms with Crippen molar-refractivity contribution >= 4 is 17.5 Å². The molecule has 2 atom stereocenters. The van der Waals surface area contributed by atoms with Gasteiger partial charge in [-0.05, 0) is 43.5 Å². The largest absolute Gasteiger partial charge is 0.355 e. The Labute approximate surface area is 213 Å². The van der Waals surface area contributed by atoms with Crippen molar-refractivity contribution in [2.24, 2.45) is 5.92 Å². The van der Waals surface area contributed by atoms with Gasteiger partial charge in [0.2, 0.25) is 5.91 Å². The highest BCUT2D eigenvalue weighted by atomic mass is 19.1. The molecule has 0 unspecified atom stereocenters. The van der Waals surface area contributed by atoms with E-state index < -0.39 is 29.5 Å². The summed E-state index contributed by atoms with van der Waals surface area (Å²) >= 11 is 0. The van der Waals surface area contributed by atoms with Crippen LogP contribution in [0.25, 0.3) is 11.3 Å². The molecule has 1 aromatic carbocycles. The minimum atomic E-state index is -0.815. The molecule has 3 aromatic rings. The third-order valence-corrected chi connectivity index (χ3v) is 7.26. The summed E-state index contributed by atoms with van der Waals surface area (Å²) in [5.74, 6) is -2.71. The monoisotopic (exact) mass is 509 g/mol. The lowest BCUT2D eigenvalue weighted by atomic mass is 9.87. The number of nitrogens with one attached hydrogen (secondary N) is 2. The summed E-state index contributed by atoms with van der Waals surface area (Å²) in [4.78, 5) is 32.9. The molecule has 1 aliphatic heterocycles. The molecule has 3 heterocycles. The first kappa shape index (κ1) is 25.0. The fraction of sp³-hybridized carbons (Fsp3) is 0.407. The maximum absolute atomic E-state index is 14.1. The van der Waals surface area contributed by atoms with Crippen LogP contribution in [-0.4, -0.2) is 52.0 Å². The molecule has 2 aliphatic rings. The Morgan fingerprint density at radius 2 is 1.89 bits per heavy atom. The zero-order chi connectivity index (χ0) is 25.8. The Kier molecular flexibility index (Phi) is 7.55. The molecular weight excluding hydrogens is 480 g/mol. The summed E-state index contributed by atoms with van der Waals surface area (Å²) in [5, 5.41) is 9.66. The Bertz CT molecular complexity index is 1250. The number of piperidine rings is 1. The SMILES string of the molecule is O=C(N[C@@H]1CCN(C2CCCCC2)C[C@H]1C(=O)Nc1cccnc1)c1cc(-c2ccc(F)cc2F)on1. The van der Waals surface area contributed by atoms with Crippen molar-refractivity contribution in [3.63, 3.8) is 0 Å². The molecule has 2 fully saturated rings. The van der Waals surface area contributed by atoms with Crippen LogP contribution in [0, 0.1) is 17.6 Å². The van der Waals surface area contributed by atoms with Crippen molar-refractivity contribution in [3.8, 4) is 11.3 Å². The molecule has 37 heavy (non-hydrogen) atoms. The molecule has 1 saturated heterocycles. The maximum Gasteiger partial charge on any atom is 0.273 e. The van der Waals surface area contributed by atoms with Gasteiger partial charge in [-0.15, -0.1) is 0 Å². The molecule has 2 amide bonds. The number of hydrogen-bond donors (Lipinski definition) is 2. The second kappa shape index (κ2) is 11.2. The zero-order valence-electron chi connectivity index (χ0n) is 20.3. The van der Waals surface area contributed by atoms with Crippen LogP contribution < -0.4 is 10.6 Å². The Morgan fingerprint density at radius 1 is 1.05 bits per heavy atom. The van der Waals surface area contributed by atoms with Gasteiger partial charge in [0, 0.05) is 43.5 Å². The van der Waals surface area contributed by atoms with Gasteiger partial charge in [0.05, 0.1) is 23.4 Å². The number of amides is 2. The standard InChI is InChI=1S/C27H29F2N5O3/c28-17-8-9-20(22(29)13-17)25-14-24(33-37-25)27(36)32-23-10-12-34(19-6-2-1-3-7-19)16-21(23)26(35)31-18-5-4-11-30-15-18/h4-5,8-9,11,13-15,19,21,23H,1-3,6-7,10,12,16H2,(H,31,35)(H,32,36)/t21-,23-/m1/s1. The highest BCUT2D eigenvalue weighted by Gasteiger charge is 2.38. The second-order valence-electron chi connectivity index (χ2n) is 9.69. The van der Waals surface area contributed by atoms with Crippen molar-refractivity contribution in [2.45, 2.75) is 50.6 Å². The number of nitrogens with zero attached hydrogens (tertiary/aromatic N) is 3. The van der Waals surface area contributed by atoms with Crippen LogP contribution in [0.15, 0.2) is 53.3 Å². The fourth-order valence-electron chi connectivity index (χ4n) is 5.31. The summed E-state index contributed by atoms with van der Waals surface area (Å²) in [6.45, 7) is 1.31. The molecule has 0 bridgehead atoms. The van der Waals surface area contributed by atoms with E-state index in [0.717, 1.165) is 31.5 Å². The van der Waals surface area contributed by atoms with Crippen molar-refractivity contribution in [1.82, 2.24) is 20.4 Å². The fourth-order valence-corrected chi connectivity index (χ4v) is 5.31. The van der Waals surface area contributed by atoms with E-state index in [2.05, 4.69) is 25.7 Å². The van der Waals surface area contributed by atoms with Gasteiger partial charge in [0.1, 0.15) is 11.6 Å². The number of aromatic nitrogens is 2. The lowest BCUT2D eigenvalue weighted by Gasteiger charge is -2.43. The Balaban J connectivity index is 1.31. The summed E-state index contributed by atoms with van der Waals surface area (Å²) < 4.78 is 32.6. The van der Waals surface area contributed by atoms with Gasteiger partial charge in [-0.1, -0.05) is 24.4 Å². The summed E-state index contributed by atoms with van der Waals surface area (Å²) in [6.07, 6.45) is 9.69. The van der Waals surface area contributed by atoms with E-state index in [4.69, 9.17) is 4.52 Å². The van der Waals surface area contributed by atoms with Gasteiger partial charge >= 0.3 is 0 Å². The highest BCUT2D eigenvalue weighted by molar-refractivity contribution is 5.96. The van der Waals surface area contributed by atoms with Crippen molar-refractivity contribution < 1.29 is 22.9 Å². The number of pyridine rings is 1. The second-order valence-corrected chi connectivity index (χ2v) is 9.69. The van der Waals surface area contributed by atoms with Gasteiger partial charge in [-0.2, -0.15) is 0 Å². The number of likely N-dealkylation sites (tertiary alicyclic amines) is 1. The number of carbonyl (C=O) groups excluding carboxylic acids is 2. The van der Waals surface area contributed by atoms with Crippen molar-refractivity contribution in [2.75, 3.05) is 18.4 Å². The highest BCUT2D eigenvalue weighted by Crippen LogP contribution is 2.29. The molecular formula is C27H29F2N5O3. The number of hydrogen-bond acceptors (Lipinski definition) is 6. The minimum Gasteiger partial charge on any atom is -0.355 e. The van der Waals surface area contributed by atoms with E-state index >= 15 is 0 Å². The lowest BCUT2D eigenvalue weighted by molar-refractivity contribution is -0.122. The van der Waals surface area contributed by atoms with E-state index in [1.807, 2.05) is 0 Å². The van der Waals surface area contributed by atoms with Gasteiger partial charge in [0.15, 0.2) is 11.5 Å². The molecule has 0 spiro atoms. The average Bonchev–Trinajstić information content (AvgIpc) is 3.40. The molecule has 1 saturated carbocycles. The van der Waals surface area contributed by atoms with Crippen LogP contribution in [-0.2, 0) is 4.79 Å². The van der Waals surface area contributed by atoms with E-state index in [1.54, 1.807) is 24.5 Å². The van der Waals surface area contributed by atoms with Crippen LogP contribution >= 0.6 is 0 Å². The van der Waals surface area contributed by atoms with Crippen molar-refractivity contribution in [1.29, 1.82) is 0 Å². The number of rotatable bonds is 6. The predicted octanol–water partition coefficient (Wildman–Crippen LogP) is 4.41. The number of anilines is 1. The zero-order valence-corrected chi connectivity index (χ0v) is 20.3. The molecule has 10 heteroatoms. The first-order chi connectivity index (χ1) is 18.0. The maximum atomic E-state index is 14.1. The van der Waals surface area contributed by atoms with Crippen LogP contribution in [0.5, 0.6) is 0 Å².